The number of benzene rings is 1. The van der Waals surface area contributed by atoms with Crippen LogP contribution in [0.3, 0.4) is 0 Å². The Morgan fingerprint density at radius 3 is 2.53 bits per heavy atom. The van der Waals surface area contributed by atoms with Crippen molar-refractivity contribution in [3.05, 3.63) is 54.0 Å². The average molecular weight is 454 g/mol. The van der Waals surface area contributed by atoms with Crippen molar-refractivity contribution in [1.29, 1.82) is 0 Å². The first kappa shape index (κ1) is 23.7. The van der Waals surface area contributed by atoms with Crippen LogP contribution in [0.4, 0.5) is 23.8 Å². The van der Waals surface area contributed by atoms with E-state index in [2.05, 4.69) is 9.97 Å². The summed E-state index contributed by atoms with van der Waals surface area (Å²) in [6.07, 6.45) is -2.27. The van der Waals surface area contributed by atoms with Crippen LogP contribution in [-0.2, 0) is 27.0 Å². The van der Waals surface area contributed by atoms with Crippen LogP contribution in [-0.4, -0.2) is 52.0 Å². The highest BCUT2D eigenvalue weighted by Gasteiger charge is 2.45. The molecule has 8 nitrogen and oxygen atoms in total. The molecule has 1 aromatic carbocycles. The summed E-state index contributed by atoms with van der Waals surface area (Å²) in [4.78, 5) is 20.1. The summed E-state index contributed by atoms with van der Waals surface area (Å²) in [5.41, 5.74) is 4.90. The van der Waals surface area contributed by atoms with Crippen molar-refractivity contribution in [2.75, 3.05) is 18.8 Å². The predicted molar refractivity (Wildman–Crippen MR) is 108 cm³/mol. The lowest BCUT2D eigenvalue weighted by atomic mass is 10.1. The number of carbonyl (C=O) groups excluding carboxylic acids is 1. The molecule has 2 atom stereocenters. The van der Waals surface area contributed by atoms with Gasteiger partial charge in [0.2, 0.25) is 0 Å². The van der Waals surface area contributed by atoms with Crippen molar-refractivity contribution in [3.63, 3.8) is 0 Å². The monoisotopic (exact) mass is 454 g/mol. The molecule has 0 saturated carbocycles. The highest BCUT2D eigenvalue weighted by Crippen LogP contribution is 2.33. The van der Waals surface area contributed by atoms with E-state index < -0.39 is 17.7 Å². The van der Waals surface area contributed by atoms with E-state index in [1.165, 1.54) is 0 Å². The Morgan fingerprint density at radius 1 is 1.22 bits per heavy atom. The second-order valence-electron chi connectivity index (χ2n) is 7.81. The Hall–Kier alpha value is -2.92. The summed E-state index contributed by atoms with van der Waals surface area (Å²) in [7, 11) is 0. The molecule has 174 valence electrons. The van der Waals surface area contributed by atoms with E-state index in [0.29, 0.717) is 25.9 Å². The summed E-state index contributed by atoms with van der Waals surface area (Å²) >= 11 is 0. The van der Waals surface area contributed by atoms with Crippen molar-refractivity contribution >= 4 is 11.9 Å². The largest absolute Gasteiger partial charge is 0.445 e. The Balaban J connectivity index is 0.000000222. The number of alkyl halides is 3. The van der Waals surface area contributed by atoms with Crippen LogP contribution >= 0.6 is 0 Å². The van der Waals surface area contributed by atoms with Crippen molar-refractivity contribution in [2.24, 2.45) is 0 Å². The third-order valence-electron chi connectivity index (χ3n) is 4.78. The smallest absolute Gasteiger partial charge is 0.434 e. The van der Waals surface area contributed by atoms with Gasteiger partial charge in [0.1, 0.15) is 18.5 Å². The molecule has 32 heavy (non-hydrogen) atoms. The summed E-state index contributed by atoms with van der Waals surface area (Å²) in [6, 6.07) is 9.68. The molecule has 4 rings (SSSR count). The standard InChI is InChI=1S/C16H21NO4.C5H4F3N3/c1-16(2)20-13-8-9-17(10-14(13)21-16)15(18)19-11-12-6-4-3-5-7-12;6-5(7,8)3-1-10-2-4(9)11-3/h3-7,13-14H,8-11H2,1-2H3;1-2H,(H2,9,11). The van der Waals surface area contributed by atoms with E-state index in [-0.39, 0.29) is 24.1 Å². The summed E-state index contributed by atoms with van der Waals surface area (Å²) in [5, 5.41) is 0. The molecule has 0 spiro atoms. The molecular weight excluding hydrogens is 429 g/mol. The van der Waals surface area contributed by atoms with Crippen molar-refractivity contribution in [2.45, 2.75) is 51.0 Å². The van der Waals surface area contributed by atoms with E-state index in [0.717, 1.165) is 18.2 Å². The minimum atomic E-state index is -4.47. The maximum atomic E-state index is 12.1. The molecule has 0 bridgehead atoms. The molecule has 3 heterocycles. The lowest BCUT2D eigenvalue weighted by Gasteiger charge is -2.32. The zero-order valence-electron chi connectivity index (χ0n) is 17.7. The van der Waals surface area contributed by atoms with Crippen molar-refractivity contribution in [3.8, 4) is 0 Å². The number of hydrogen-bond donors (Lipinski definition) is 1. The number of amides is 1. The van der Waals surface area contributed by atoms with E-state index in [1.54, 1.807) is 4.90 Å². The van der Waals surface area contributed by atoms with Gasteiger partial charge in [-0.15, -0.1) is 0 Å². The fourth-order valence-corrected chi connectivity index (χ4v) is 3.39. The van der Waals surface area contributed by atoms with Gasteiger partial charge in [-0.1, -0.05) is 30.3 Å². The number of carbonyl (C=O) groups is 1. The Bertz CT molecular complexity index is 911. The third-order valence-corrected chi connectivity index (χ3v) is 4.78. The number of piperidine rings is 1. The summed E-state index contributed by atoms with van der Waals surface area (Å²) < 4.78 is 52.4. The molecule has 2 N–H and O–H groups in total. The molecule has 2 unspecified atom stereocenters. The van der Waals surface area contributed by atoms with Gasteiger partial charge in [-0.2, -0.15) is 13.2 Å². The first-order valence-corrected chi connectivity index (χ1v) is 9.99. The van der Waals surface area contributed by atoms with Crippen molar-refractivity contribution in [1.82, 2.24) is 14.9 Å². The van der Waals surface area contributed by atoms with Gasteiger partial charge >= 0.3 is 12.3 Å². The molecule has 0 aliphatic carbocycles. The number of rotatable bonds is 2. The van der Waals surface area contributed by atoms with E-state index in [9.17, 15) is 18.0 Å². The average Bonchev–Trinajstić information content (AvgIpc) is 3.05. The number of halogens is 3. The second kappa shape index (κ2) is 9.70. The number of likely N-dealkylation sites (tertiary alicyclic amines) is 1. The number of anilines is 1. The molecule has 1 amide bonds. The number of aromatic nitrogens is 2. The minimum absolute atomic E-state index is 0.0574. The number of ether oxygens (including phenoxy) is 3. The Kier molecular flexibility index (Phi) is 7.19. The highest BCUT2D eigenvalue weighted by atomic mass is 19.4. The van der Waals surface area contributed by atoms with Crippen LogP contribution in [0.5, 0.6) is 0 Å². The highest BCUT2D eigenvalue weighted by molar-refractivity contribution is 5.67. The quantitative estimate of drug-likeness (QED) is 0.740. The lowest BCUT2D eigenvalue weighted by molar-refractivity contribution is -0.145. The Labute approximate surface area is 183 Å². The zero-order chi connectivity index (χ0) is 23.4. The van der Waals surface area contributed by atoms with Crippen LogP contribution < -0.4 is 5.73 Å². The van der Waals surface area contributed by atoms with Crippen LogP contribution in [0, 0.1) is 0 Å². The van der Waals surface area contributed by atoms with E-state index >= 15 is 0 Å². The lowest BCUT2D eigenvalue weighted by Crippen LogP contribution is -2.47. The molecule has 2 aliphatic rings. The SMILES string of the molecule is CC1(C)OC2CCN(C(=O)OCc3ccccc3)CC2O1.Nc1cncc(C(F)(F)F)n1. The van der Waals surface area contributed by atoms with Gasteiger partial charge in [0.25, 0.3) is 0 Å². The zero-order valence-corrected chi connectivity index (χ0v) is 17.7. The van der Waals surface area contributed by atoms with Crippen LogP contribution in [0.15, 0.2) is 42.7 Å². The van der Waals surface area contributed by atoms with E-state index in [1.807, 2.05) is 44.2 Å². The van der Waals surface area contributed by atoms with Gasteiger partial charge in [0.15, 0.2) is 11.5 Å². The summed E-state index contributed by atoms with van der Waals surface area (Å²) in [6.45, 7) is 5.29. The minimum Gasteiger partial charge on any atom is -0.445 e. The van der Waals surface area contributed by atoms with Crippen LogP contribution in [0.1, 0.15) is 31.5 Å². The van der Waals surface area contributed by atoms with Gasteiger partial charge < -0.3 is 24.8 Å². The number of nitrogens with two attached hydrogens (primary N) is 1. The number of hydrogen-bond acceptors (Lipinski definition) is 7. The molecule has 2 fully saturated rings. The molecular formula is C21H25F3N4O4. The number of nitrogens with zero attached hydrogens (tertiary/aromatic N) is 3. The first-order chi connectivity index (χ1) is 15.0. The van der Waals surface area contributed by atoms with Crippen LogP contribution in [0.2, 0.25) is 0 Å². The molecule has 1 aromatic heterocycles. The second-order valence-corrected chi connectivity index (χ2v) is 7.81. The van der Waals surface area contributed by atoms with Crippen LogP contribution in [0.25, 0.3) is 0 Å². The maximum absolute atomic E-state index is 12.1. The van der Waals surface area contributed by atoms with Gasteiger partial charge in [0.05, 0.1) is 25.0 Å². The normalized spacial score (nSPS) is 21.8. The van der Waals surface area contributed by atoms with Crippen molar-refractivity contribution < 1.29 is 32.2 Å². The molecule has 2 saturated heterocycles. The van der Waals surface area contributed by atoms with Gasteiger partial charge in [-0.3, -0.25) is 4.98 Å². The van der Waals surface area contributed by atoms with Gasteiger partial charge in [-0.25, -0.2) is 9.78 Å². The summed E-state index contributed by atoms with van der Waals surface area (Å²) in [5.74, 6) is -0.793. The predicted octanol–water partition coefficient (Wildman–Crippen LogP) is 3.63. The fraction of sp³-hybridized carbons (Fsp3) is 0.476. The third kappa shape index (κ3) is 6.54. The number of fused-ring (bicyclic) bond motifs is 1. The molecule has 0 radical (unpaired) electrons. The fourth-order valence-electron chi connectivity index (χ4n) is 3.39. The first-order valence-electron chi connectivity index (χ1n) is 9.99. The topological polar surface area (TPSA) is 99.8 Å². The van der Waals surface area contributed by atoms with E-state index in [4.69, 9.17) is 19.9 Å². The maximum Gasteiger partial charge on any atom is 0.434 e. The number of nitrogen functional groups attached to an aromatic ring is 1. The van der Waals surface area contributed by atoms with Gasteiger partial charge in [0, 0.05) is 6.54 Å². The van der Waals surface area contributed by atoms with Gasteiger partial charge in [-0.05, 0) is 25.8 Å². The molecule has 2 aromatic rings. The molecule has 11 heteroatoms. The Morgan fingerprint density at radius 2 is 1.91 bits per heavy atom. The molecule has 2 aliphatic heterocycles.